The Balaban J connectivity index is 2.14. The molecule has 0 radical (unpaired) electrons. The number of Topliss-reactive ketones (excluding diaryl/α,β-unsaturated/α-hetero) is 1. The summed E-state index contributed by atoms with van der Waals surface area (Å²) < 4.78 is 31.4. The van der Waals surface area contributed by atoms with Crippen LogP contribution < -0.4 is 0 Å². The van der Waals surface area contributed by atoms with Crippen molar-refractivity contribution < 1.29 is 18.0 Å². The van der Waals surface area contributed by atoms with Gasteiger partial charge in [-0.05, 0) is 19.1 Å². The number of hydrogen-bond acceptors (Lipinski definition) is 5. The maximum absolute atomic E-state index is 13.5. The van der Waals surface area contributed by atoms with E-state index in [1.54, 1.807) is 13.8 Å². The van der Waals surface area contributed by atoms with Gasteiger partial charge in [-0.25, -0.2) is 8.78 Å². The van der Waals surface area contributed by atoms with E-state index >= 15 is 0 Å². The predicted octanol–water partition coefficient (Wildman–Crippen LogP) is 3.02. The third-order valence-electron chi connectivity index (χ3n) is 2.35. The van der Waals surface area contributed by atoms with Gasteiger partial charge in [0.1, 0.15) is 11.6 Å². The number of rotatable bonds is 4. The molecule has 1 unspecified atom stereocenters. The van der Waals surface area contributed by atoms with E-state index in [4.69, 9.17) is 4.42 Å². The summed E-state index contributed by atoms with van der Waals surface area (Å²) in [7, 11) is 0. The Morgan fingerprint density at radius 1 is 1.37 bits per heavy atom. The molecule has 4 nitrogen and oxygen atoms in total. The fourth-order valence-electron chi connectivity index (χ4n) is 1.44. The van der Waals surface area contributed by atoms with Crippen molar-refractivity contribution >= 4 is 17.5 Å². The van der Waals surface area contributed by atoms with Gasteiger partial charge in [-0.1, -0.05) is 11.8 Å². The number of nitrogens with zero attached hydrogens (tertiary/aromatic N) is 2. The summed E-state index contributed by atoms with van der Waals surface area (Å²) in [6.45, 7) is 3.22. The van der Waals surface area contributed by atoms with E-state index in [-0.39, 0.29) is 10.8 Å². The summed E-state index contributed by atoms with van der Waals surface area (Å²) in [5, 5.41) is 6.99. The Bertz CT molecular complexity index is 616. The van der Waals surface area contributed by atoms with Crippen LogP contribution in [0, 0.1) is 18.6 Å². The van der Waals surface area contributed by atoms with Gasteiger partial charge in [0.25, 0.3) is 5.22 Å². The molecule has 0 saturated heterocycles. The van der Waals surface area contributed by atoms with Gasteiger partial charge in [0.05, 0.1) is 10.8 Å². The third kappa shape index (κ3) is 3.17. The summed E-state index contributed by atoms with van der Waals surface area (Å²) in [6.07, 6.45) is 0. The molecule has 100 valence electrons. The molecule has 2 aromatic rings. The van der Waals surface area contributed by atoms with Gasteiger partial charge in [0.15, 0.2) is 5.78 Å². The summed E-state index contributed by atoms with van der Waals surface area (Å²) >= 11 is 1.03. The number of halogens is 2. The van der Waals surface area contributed by atoms with Crippen molar-refractivity contribution in [3.05, 3.63) is 41.3 Å². The Morgan fingerprint density at radius 3 is 2.68 bits per heavy atom. The van der Waals surface area contributed by atoms with Crippen molar-refractivity contribution in [1.82, 2.24) is 10.2 Å². The van der Waals surface area contributed by atoms with Crippen molar-refractivity contribution in [1.29, 1.82) is 0 Å². The summed E-state index contributed by atoms with van der Waals surface area (Å²) in [6, 6.07) is 2.86. The molecule has 1 atom stereocenters. The minimum absolute atomic E-state index is 0.155. The predicted molar refractivity (Wildman–Crippen MR) is 65.0 cm³/mol. The van der Waals surface area contributed by atoms with E-state index in [9.17, 15) is 13.6 Å². The number of carbonyl (C=O) groups is 1. The standard InChI is InChI=1S/C12H10F2N2O2S/c1-6(19-12-16-15-7(2)18-12)11(17)9-4-3-8(13)5-10(9)14/h3-6H,1-2H3. The lowest BCUT2D eigenvalue weighted by Crippen LogP contribution is -2.15. The lowest BCUT2D eigenvalue weighted by molar-refractivity contribution is 0.0989. The Labute approximate surface area is 112 Å². The molecule has 0 aliphatic rings. The maximum atomic E-state index is 13.5. The zero-order valence-electron chi connectivity index (χ0n) is 10.2. The number of thioether (sulfide) groups is 1. The molecule has 1 heterocycles. The van der Waals surface area contributed by atoms with E-state index in [1.165, 1.54) is 0 Å². The smallest absolute Gasteiger partial charge is 0.277 e. The van der Waals surface area contributed by atoms with Crippen molar-refractivity contribution in [2.75, 3.05) is 0 Å². The van der Waals surface area contributed by atoms with Gasteiger partial charge < -0.3 is 4.42 Å². The molecule has 0 saturated carbocycles. The second kappa shape index (κ2) is 5.48. The maximum Gasteiger partial charge on any atom is 0.277 e. The van der Waals surface area contributed by atoms with Crippen LogP contribution in [0.1, 0.15) is 23.2 Å². The number of hydrogen-bond donors (Lipinski definition) is 0. The van der Waals surface area contributed by atoms with Gasteiger partial charge >= 0.3 is 0 Å². The molecule has 1 aromatic heterocycles. The van der Waals surface area contributed by atoms with Gasteiger partial charge in [-0.15, -0.1) is 10.2 Å². The highest BCUT2D eigenvalue weighted by Crippen LogP contribution is 2.25. The Hall–Kier alpha value is -1.76. The first-order valence-electron chi connectivity index (χ1n) is 5.43. The highest BCUT2D eigenvalue weighted by Gasteiger charge is 2.22. The van der Waals surface area contributed by atoms with Crippen LogP contribution in [-0.4, -0.2) is 21.2 Å². The zero-order valence-corrected chi connectivity index (χ0v) is 11.0. The van der Waals surface area contributed by atoms with Gasteiger partial charge in [-0.3, -0.25) is 4.79 Å². The van der Waals surface area contributed by atoms with E-state index in [1.807, 2.05) is 0 Å². The van der Waals surface area contributed by atoms with Crippen molar-refractivity contribution in [2.45, 2.75) is 24.3 Å². The number of ketones is 1. The van der Waals surface area contributed by atoms with Gasteiger partial charge in [-0.2, -0.15) is 0 Å². The zero-order chi connectivity index (χ0) is 14.0. The first-order chi connectivity index (χ1) is 8.97. The van der Waals surface area contributed by atoms with Crippen LogP contribution in [0.4, 0.5) is 8.78 Å². The Kier molecular flexibility index (Phi) is 3.94. The molecule has 0 amide bonds. The van der Waals surface area contributed by atoms with E-state index in [0.717, 1.165) is 23.9 Å². The van der Waals surface area contributed by atoms with Crippen LogP contribution in [0.2, 0.25) is 0 Å². The summed E-state index contributed by atoms with van der Waals surface area (Å²) in [5.74, 6) is -1.67. The molecular weight excluding hydrogens is 274 g/mol. The normalized spacial score (nSPS) is 12.4. The SMILES string of the molecule is Cc1nnc(SC(C)C(=O)c2ccc(F)cc2F)o1. The minimum Gasteiger partial charge on any atom is -0.416 e. The Morgan fingerprint density at radius 2 is 2.11 bits per heavy atom. The van der Waals surface area contributed by atoms with Crippen LogP contribution in [0.3, 0.4) is 0 Å². The second-order valence-electron chi connectivity index (χ2n) is 3.84. The van der Waals surface area contributed by atoms with Crippen LogP contribution in [-0.2, 0) is 0 Å². The lowest BCUT2D eigenvalue weighted by atomic mass is 10.1. The van der Waals surface area contributed by atoms with E-state index < -0.39 is 22.7 Å². The first-order valence-corrected chi connectivity index (χ1v) is 6.31. The fraction of sp³-hybridized carbons (Fsp3) is 0.250. The molecule has 0 aliphatic carbocycles. The molecule has 19 heavy (non-hydrogen) atoms. The molecule has 0 N–H and O–H groups in total. The number of aryl methyl sites for hydroxylation is 1. The quantitative estimate of drug-likeness (QED) is 0.638. The molecule has 0 spiro atoms. The van der Waals surface area contributed by atoms with E-state index in [2.05, 4.69) is 10.2 Å². The molecule has 0 aliphatic heterocycles. The first kappa shape index (κ1) is 13.7. The van der Waals surface area contributed by atoms with Crippen LogP contribution >= 0.6 is 11.8 Å². The average Bonchev–Trinajstić information content (AvgIpc) is 2.74. The molecular formula is C12H10F2N2O2S. The van der Waals surface area contributed by atoms with Crippen LogP contribution in [0.15, 0.2) is 27.8 Å². The highest BCUT2D eigenvalue weighted by atomic mass is 32.2. The summed E-state index contributed by atoms with van der Waals surface area (Å²) in [5.41, 5.74) is -0.155. The highest BCUT2D eigenvalue weighted by molar-refractivity contribution is 8.00. The van der Waals surface area contributed by atoms with Crippen molar-refractivity contribution in [3.8, 4) is 0 Å². The van der Waals surface area contributed by atoms with Gasteiger partial charge in [0, 0.05) is 13.0 Å². The molecule has 7 heteroatoms. The van der Waals surface area contributed by atoms with Crippen LogP contribution in [0.5, 0.6) is 0 Å². The lowest BCUT2D eigenvalue weighted by Gasteiger charge is -2.08. The number of benzene rings is 1. The fourth-order valence-corrected chi connectivity index (χ4v) is 2.23. The molecule has 0 fully saturated rings. The number of aromatic nitrogens is 2. The van der Waals surface area contributed by atoms with Crippen molar-refractivity contribution in [3.63, 3.8) is 0 Å². The molecule has 2 rings (SSSR count). The topological polar surface area (TPSA) is 56.0 Å². The molecule has 0 bridgehead atoms. The van der Waals surface area contributed by atoms with Crippen LogP contribution in [0.25, 0.3) is 0 Å². The largest absolute Gasteiger partial charge is 0.416 e. The molecule has 1 aromatic carbocycles. The minimum atomic E-state index is -0.876. The second-order valence-corrected chi connectivity index (χ2v) is 5.13. The number of carbonyl (C=O) groups excluding carboxylic acids is 1. The van der Waals surface area contributed by atoms with Crippen molar-refractivity contribution in [2.24, 2.45) is 0 Å². The van der Waals surface area contributed by atoms with E-state index in [0.29, 0.717) is 12.0 Å². The third-order valence-corrected chi connectivity index (χ3v) is 3.29. The average molecular weight is 284 g/mol. The summed E-state index contributed by atoms with van der Waals surface area (Å²) in [4.78, 5) is 12.0. The van der Waals surface area contributed by atoms with Gasteiger partial charge in [0.2, 0.25) is 5.89 Å². The monoisotopic (exact) mass is 284 g/mol.